The van der Waals surface area contributed by atoms with Crippen LogP contribution in [0.15, 0.2) is 42.6 Å². The summed E-state index contributed by atoms with van der Waals surface area (Å²) in [7, 11) is 0. The molecule has 174 valence electrons. The minimum Gasteiger partial charge on any atom is -0.481 e. The van der Waals surface area contributed by atoms with E-state index in [0.29, 0.717) is 28.9 Å². The van der Waals surface area contributed by atoms with E-state index < -0.39 is 17.7 Å². The van der Waals surface area contributed by atoms with Crippen molar-refractivity contribution < 1.29 is 27.9 Å². The molecule has 2 aromatic carbocycles. The first-order valence-corrected chi connectivity index (χ1v) is 10.9. The molecule has 8 heteroatoms. The summed E-state index contributed by atoms with van der Waals surface area (Å²) in [4.78, 5) is 25.7. The van der Waals surface area contributed by atoms with Gasteiger partial charge in [-0.05, 0) is 67.6 Å². The number of aryl methyl sites for hydroxylation is 1. The number of amides is 1. The van der Waals surface area contributed by atoms with Crippen LogP contribution in [0, 0.1) is 12.8 Å². The van der Waals surface area contributed by atoms with E-state index in [4.69, 9.17) is 0 Å². The van der Waals surface area contributed by atoms with Crippen LogP contribution in [0.4, 0.5) is 13.2 Å². The monoisotopic (exact) mass is 458 g/mol. The van der Waals surface area contributed by atoms with E-state index in [1.165, 1.54) is 6.07 Å². The number of aliphatic carboxylic acids is 1. The SMILES string of the molecule is CCN(Cc1cc(C(F)(F)F)ccc1-n1cc(CC(=O)O)c2ccc(C)cc21)C(=O)C1CC1. The number of hydrogen-bond donors (Lipinski definition) is 1. The highest BCUT2D eigenvalue weighted by Crippen LogP contribution is 2.35. The summed E-state index contributed by atoms with van der Waals surface area (Å²) in [6, 6.07) is 9.11. The summed E-state index contributed by atoms with van der Waals surface area (Å²) < 4.78 is 42.3. The molecule has 1 aliphatic carbocycles. The van der Waals surface area contributed by atoms with Crippen molar-refractivity contribution in [1.29, 1.82) is 0 Å². The number of carbonyl (C=O) groups excluding carboxylic acids is 1. The first-order valence-electron chi connectivity index (χ1n) is 10.9. The van der Waals surface area contributed by atoms with Gasteiger partial charge in [0.15, 0.2) is 0 Å². The molecular formula is C25H25F3N2O3. The molecule has 0 spiro atoms. The van der Waals surface area contributed by atoms with Crippen LogP contribution in [0.3, 0.4) is 0 Å². The maximum Gasteiger partial charge on any atom is 0.416 e. The van der Waals surface area contributed by atoms with Crippen molar-refractivity contribution in [1.82, 2.24) is 9.47 Å². The van der Waals surface area contributed by atoms with Gasteiger partial charge in [-0.25, -0.2) is 0 Å². The van der Waals surface area contributed by atoms with E-state index in [1.54, 1.807) is 15.7 Å². The van der Waals surface area contributed by atoms with Gasteiger partial charge in [0, 0.05) is 30.6 Å². The van der Waals surface area contributed by atoms with Gasteiger partial charge < -0.3 is 14.6 Å². The number of benzene rings is 2. The smallest absolute Gasteiger partial charge is 0.416 e. The number of carboxylic acid groups (broad SMARTS) is 1. The molecule has 1 N–H and O–H groups in total. The number of carboxylic acids is 1. The molecule has 0 atom stereocenters. The van der Waals surface area contributed by atoms with Crippen LogP contribution in [0.25, 0.3) is 16.6 Å². The number of rotatable bonds is 7. The standard InChI is InChI=1S/C25H25F3N2O3/c1-3-29(24(33)16-5-6-16)13-18-11-19(25(26,27)28)7-9-21(18)30-14-17(12-23(31)32)20-8-4-15(2)10-22(20)30/h4,7-11,14,16H,3,5-6,12-13H2,1-2H3,(H,31,32). The van der Waals surface area contributed by atoms with Gasteiger partial charge in [0.1, 0.15) is 0 Å². The second kappa shape index (κ2) is 8.57. The molecule has 1 amide bonds. The van der Waals surface area contributed by atoms with Gasteiger partial charge in [0.2, 0.25) is 5.91 Å². The van der Waals surface area contributed by atoms with Gasteiger partial charge in [-0.3, -0.25) is 9.59 Å². The van der Waals surface area contributed by atoms with Crippen molar-refractivity contribution in [3.8, 4) is 5.69 Å². The molecule has 0 radical (unpaired) electrons. The number of hydrogen-bond acceptors (Lipinski definition) is 2. The Morgan fingerprint density at radius 3 is 2.45 bits per heavy atom. The Hall–Kier alpha value is -3.29. The second-order valence-electron chi connectivity index (χ2n) is 8.58. The normalized spacial score (nSPS) is 14.0. The number of fused-ring (bicyclic) bond motifs is 1. The lowest BCUT2D eigenvalue weighted by Gasteiger charge is -2.24. The van der Waals surface area contributed by atoms with Gasteiger partial charge in [0.25, 0.3) is 0 Å². The summed E-state index contributed by atoms with van der Waals surface area (Å²) in [5.41, 5.74) is 2.30. The number of carbonyl (C=O) groups is 2. The lowest BCUT2D eigenvalue weighted by Crippen LogP contribution is -2.32. The Kier molecular flexibility index (Phi) is 5.95. The number of alkyl halides is 3. The first kappa shape index (κ1) is 22.9. The lowest BCUT2D eigenvalue weighted by molar-refractivity contribution is -0.138. The van der Waals surface area contributed by atoms with E-state index in [0.717, 1.165) is 35.9 Å². The Labute approximate surface area is 189 Å². The summed E-state index contributed by atoms with van der Waals surface area (Å²) >= 11 is 0. The van der Waals surface area contributed by atoms with Crippen LogP contribution in [0.5, 0.6) is 0 Å². The largest absolute Gasteiger partial charge is 0.481 e. The Balaban J connectivity index is 1.88. The summed E-state index contributed by atoms with van der Waals surface area (Å²) in [6.07, 6.45) is -1.43. The maximum absolute atomic E-state index is 13.5. The van der Waals surface area contributed by atoms with Crippen LogP contribution in [0.1, 0.15) is 42.0 Å². The average molecular weight is 458 g/mol. The zero-order valence-corrected chi connectivity index (χ0v) is 18.4. The minimum absolute atomic E-state index is 0.0411. The van der Waals surface area contributed by atoms with Crippen LogP contribution < -0.4 is 0 Å². The molecule has 1 aliphatic rings. The van der Waals surface area contributed by atoms with Gasteiger partial charge in [-0.15, -0.1) is 0 Å². The summed E-state index contributed by atoms with van der Waals surface area (Å²) in [6.45, 7) is 4.15. The van der Waals surface area contributed by atoms with Crippen molar-refractivity contribution >= 4 is 22.8 Å². The Bertz CT molecular complexity index is 1230. The van der Waals surface area contributed by atoms with Crippen LogP contribution in [-0.4, -0.2) is 33.0 Å². The minimum atomic E-state index is -4.52. The molecule has 4 rings (SSSR count). The fourth-order valence-electron chi connectivity index (χ4n) is 4.17. The van der Waals surface area contributed by atoms with E-state index in [1.807, 2.05) is 32.0 Å². The van der Waals surface area contributed by atoms with Crippen molar-refractivity contribution in [2.24, 2.45) is 5.92 Å². The van der Waals surface area contributed by atoms with Crippen molar-refractivity contribution in [3.05, 3.63) is 64.8 Å². The third kappa shape index (κ3) is 4.74. The highest BCUT2D eigenvalue weighted by atomic mass is 19.4. The highest BCUT2D eigenvalue weighted by Gasteiger charge is 2.34. The molecule has 0 saturated heterocycles. The van der Waals surface area contributed by atoms with Gasteiger partial charge in [-0.1, -0.05) is 12.1 Å². The zero-order chi connectivity index (χ0) is 23.9. The fraction of sp³-hybridized carbons (Fsp3) is 0.360. The fourth-order valence-corrected chi connectivity index (χ4v) is 4.17. The van der Waals surface area contributed by atoms with Gasteiger partial charge in [-0.2, -0.15) is 13.2 Å². The number of halogens is 3. The van der Waals surface area contributed by atoms with Crippen LogP contribution in [-0.2, 0) is 28.7 Å². The van der Waals surface area contributed by atoms with E-state index in [-0.39, 0.29) is 24.8 Å². The van der Waals surface area contributed by atoms with Gasteiger partial charge in [0.05, 0.1) is 23.2 Å². The highest BCUT2D eigenvalue weighted by molar-refractivity contribution is 5.89. The molecule has 5 nitrogen and oxygen atoms in total. The maximum atomic E-state index is 13.5. The topological polar surface area (TPSA) is 62.5 Å². The van der Waals surface area contributed by atoms with Crippen LogP contribution in [0.2, 0.25) is 0 Å². The molecule has 0 unspecified atom stereocenters. The second-order valence-corrected chi connectivity index (χ2v) is 8.58. The van der Waals surface area contributed by atoms with E-state index in [2.05, 4.69) is 0 Å². The summed E-state index contributed by atoms with van der Waals surface area (Å²) in [5, 5.41) is 10.1. The molecule has 1 fully saturated rings. The van der Waals surface area contributed by atoms with Crippen molar-refractivity contribution in [2.45, 2.75) is 45.8 Å². The quantitative estimate of drug-likeness (QED) is 0.520. The summed E-state index contributed by atoms with van der Waals surface area (Å²) in [5.74, 6) is -1.08. The molecule has 0 aliphatic heterocycles. The Morgan fingerprint density at radius 2 is 1.85 bits per heavy atom. The zero-order valence-electron chi connectivity index (χ0n) is 18.4. The molecule has 3 aromatic rings. The van der Waals surface area contributed by atoms with Crippen LogP contribution >= 0.6 is 0 Å². The molecule has 33 heavy (non-hydrogen) atoms. The van der Waals surface area contributed by atoms with E-state index in [9.17, 15) is 27.9 Å². The predicted molar refractivity (Wildman–Crippen MR) is 118 cm³/mol. The molecular weight excluding hydrogens is 433 g/mol. The number of nitrogens with zero attached hydrogens (tertiary/aromatic N) is 2. The predicted octanol–water partition coefficient (Wildman–Crippen LogP) is 5.34. The molecule has 0 bridgehead atoms. The average Bonchev–Trinajstić information content (AvgIpc) is 3.54. The molecule has 1 saturated carbocycles. The first-order chi connectivity index (χ1) is 15.6. The lowest BCUT2D eigenvalue weighted by atomic mass is 10.1. The third-order valence-electron chi connectivity index (χ3n) is 6.03. The van der Waals surface area contributed by atoms with Gasteiger partial charge >= 0.3 is 12.1 Å². The molecule has 1 heterocycles. The third-order valence-corrected chi connectivity index (χ3v) is 6.03. The van der Waals surface area contributed by atoms with Crippen molar-refractivity contribution in [2.75, 3.05) is 6.54 Å². The van der Waals surface area contributed by atoms with Crippen molar-refractivity contribution in [3.63, 3.8) is 0 Å². The Morgan fingerprint density at radius 1 is 1.12 bits per heavy atom. The molecule has 1 aromatic heterocycles. The van der Waals surface area contributed by atoms with E-state index >= 15 is 0 Å². The number of aromatic nitrogens is 1.